The lowest BCUT2D eigenvalue weighted by molar-refractivity contribution is 0.0737. The minimum Gasteiger partial charge on any atom is -0.354 e. The van der Waals surface area contributed by atoms with Crippen LogP contribution in [0.15, 0.2) is 0 Å². The van der Waals surface area contributed by atoms with Crippen LogP contribution in [0.2, 0.25) is 0 Å². The van der Waals surface area contributed by atoms with Crippen LogP contribution in [0.4, 0.5) is 0 Å². The first kappa shape index (κ1) is 14.8. The van der Waals surface area contributed by atoms with Crippen LogP contribution in [0, 0.1) is 6.92 Å². The predicted molar refractivity (Wildman–Crippen MR) is 78.3 cm³/mol. The molecule has 2 rings (SSSR count). The lowest BCUT2D eigenvalue weighted by Gasteiger charge is -2.23. The number of amides is 1. The van der Waals surface area contributed by atoms with Crippen molar-refractivity contribution >= 4 is 11.7 Å². The fraction of sp³-hybridized carbons (Fsp3) is 0.600. The molecular weight excluding hydrogens is 254 g/mol. The monoisotopic (exact) mass is 277 g/mol. The summed E-state index contributed by atoms with van der Waals surface area (Å²) in [4.78, 5) is 29.3. The van der Waals surface area contributed by atoms with Gasteiger partial charge in [-0.1, -0.05) is 6.92 Å². The number of H-pyrrole nitrogens is 1. The number of aryl methyl sites for hydroxylation is 1. The summed E-state index contributed by atoms with van der Waals surface area (Å²) >= 11 is 0. The molecule has 1 fully saturated rings. The maximum atomic E-state index is 12.7. The molecule has 1 saturated heterocycles. The molecule has 1 aliphatic heterocycles. The molecule has 0 aromatic carbocycles. The molecule has 5 heteroatoms. The van der Waals surface area contributed by atoms with Crippen molar-refractivity contribution in [3.63, 3.8) is 0 Å². The number of likely N-dealkylation sites (N-methyl/N-ethyl adjacent to an activating group) is 1. The van der Waals surface area contributed by atoms with Gasteiger partial charge >= 0.3 is 0 Å². The Morgan fingerprint density at radius 3 is 2.60 bits per heavy atom. The molecule has 0 radical (unpaired) electrons. The molecule has 2 N–H and O–H groups in total. The molecule has 1 aliphatic rings. The maximum absolute atomic E-state index is 12.7. The molecule has 0 spiro atoms. The number of carbonyl (C=O) groups is 2. The highest BCUT2D eigenvalue weighted by molar-refractivity contribution is 6.02. The van der Waals surface area contributed by atoms with Crippen LogP contribution < -0.4 is 5.32 Å². The molecule has 1 aromatic rings. The molecule has 0 bridgehead atoms. The minimum absolute atomic E-state index is 0.0137. The van der Waals surface area contributed by atoms with Crippen LogP contribution in [0.1, 0.15) is 52.4 Å². The number of hydrogen-bond acceptors (Lipinski definition) is 3. The highest BCUT2D eigenvalue weighted by atomic mass is 16.2. The van der Waals surface area contributed by atoms with E-state index in [2.05, 4.69) is 10.3 Å². The number of rotatable bonds is 4. The van der Waals surface area contributed by atoms with Crippen LogP contribution in [-0.4, -0.2) is 47.8 Å². The van der Waals surface area contributed by atoms with Gasteiger partial charge in [0, 0.05) is 30.9 Å². The summed E-state index contributed by atoms with van der Waals surface area (Å²) in [5.41, 5.74) is 2.88. The first-order valence-corrected chi connectivity index (χ1v) is 7.17. The Hall–Kier alpha value is -1.62. The standard InChI is InChI=1S/C15H23N3O2/c1-5-12-13(10(3)19)9(2)17-14(12)15(20)18(4)11-6-7-16-8-11/h11,16-17H,5-8H2,1-4H3. The third-order valence-corrected chi connectivity index (χ3v) is 4.11. The van der Waals surface area contributed by atoms with Crippen molar-refractivity contribution in [3.05, 3.63) is 22.5 Å². The normalized spacial score (nSPS) is 18.3. The predicted octanol–water partition coefficient (Wildman–Crippen LogP) is 1.52. The fourth-order valence-corrected chi connectivity index (χ4v) is 3.00. The summed E-state index contributed by atoms with van der Waals surface area (Å²) in [5, 5.41) is 3.26. The largest absolute Gasteiger partial charge is 0.354 e. The van der Waals surface area contributed by atoms with E-state index in [1.807, 2.05) is 20.9 Å². The fourth-order valence-electron chi connectivity index (χ4n) is 3.00. The van der Waals surface area contributed by atoms with Crippen molar-refractivity contribution in [1.29, 1.82) is 0 Å². The molecule has 1 atom stereocenters. The van der Waals surface area contributed by atoms with Gasteiger partial charge in [0.2, 0.25) is 0 Å². The Morgan fingerprint density at radius 2 is 2.10 bits per heavy atom. The average Bonchev–Trinajstić information content (AvgIpc) is 3.03. The van der Waals surface area contributed by atoms with E-state index in [9.17, 15) is 9.59 Å². The van der Waals surface area contributed by atoms with Crippen molar-refractivity contribution in [3.8, 4) is 0 Å². The summed E-state index contributed by atoms with van der Waals surface area (Å²) in [6, 6.07) is 0.233. The van der Waals surface area contributed by atoms with Gasteiger partial charge < -0.3 is 15.2 Å². The summed E-state index contributed by atoms with van der Waals surface area (Å²) in [7, 11) is 1.84. The van der Waals surface area contributed by atoms with Gasteiger partial charge in [-0.2, -0.15) is 0 Å². The molecule has 0 saturated carbocycles. The Bertz CT molecular complexity index is 527. The number of carbonyl (C=O) groups excluding carboxylic acids is 2. The molecule has 1 amide bonds. The van der Waals surface area contributed by atoms with E-state index in [-0.39, 0.29) is 17.7 Å². The Balaban J connectivity index is 2.34. The molecule has 0 aliphatic carbocycles. The molecule has 1 aromatic heterocycles. The Labute approximate surface area is 119 Å². The van der Waals surface area contributed by atoms with E-state index in [4.69, 9.17) is 0 Å². The topological polar surface area (TPSA) is 65.2 Å². The highest BCUT2D eigenvalue weighted by Gasteiger charge is 2.28. The third kappa shape index (κ3) is 2.50. The second-order valence-electron chi connectivity index (χ2n) is 5.45. The molecule has 1 unspecified atom stereocenters. The first-order valence-electron chi connectivity index (χ1n) is 7.17. The zero-order valence-electron chi connectivity index (χ0n) is 12.7. The van der Waals surface area contributed by atoms with Crippen molar-refractivity contribution in [2.45, 2.75) is 39.7 Å². The zero-order chi connectivity index (χ0) is 14.9. The summed E-state index contributed by atoms with van der Waals surface area (Å²) < 4.78 is 0. The van der Waals surface area contributed by atoms with Crippen molar-refractivity contribution in [2.75, 3.05) is 20.1 Å². The van der Waals surface area contributed by atoms with Gasteiger partial charge in [-0.25, -0.2) is 0 Å². The van der Waals surface area contributed by atoms with E-state index >= 15 is 0 Å². The van der Waals surface area contributed by atoms with Gasteiger partial charge in [0.25, 0.3) is 5.91 Å². The smallest absolute Gasteiger partial charge is 0.270 e. The van der Waals surface area contributed by atoms with Crippen LogP contribution in [-0.2, 0) is 6.42 Å². The van der Waals surface area contributed by atoms with Gasteiger partial charge in [0.05, 0.1) is 0 Å². The molecule has 20 heavy (non-hydrogen) atoms. The lowest BCUT2D eigenvalue weighted by atomic mass is 10.0. The maximum Gasteiger partial charge on any atom is 0.270 e. The van der Waals surface area contributed by atoms with Gasteiger partial charge in [-0.05, 0) is 38.8 Å². The van der Waals surface area contributed by atoms with Crippen LogP contribution in [0.3, 0.4) is 0 Å². The number of nitrogens with zero attached hydrogens (tertiary/aromatic N) is 1. The Morgan fingerprint density at radius 1 is 1.40 bits per heavy atom. The third-order valence-electron chi connectivity index (χ3n) is 4.11. The van der Waals surface area contributed by atoms with Crippen LogP contribution >= 0.6 is 0 Å². The first-order chi connectivity index (χ1) is 9.47. The number of hydrogen-bond donors (Lipinski definition) is 2. The number of aromatic amines is 1. The summed E-state index contributed by atoms with van der Waals surface area (Å²) in [6.45, 7) is 7.16. The van der Waals surface area contributed by atoms with E-state index in [0.29, 0.717) is 17.7 Å². The molecule has 110 valence electrons. The second-order valence-corrected chi connectivity index (χ2v) is 5.45. The van der Waals surface area contributed by atoms with Gasteiger partial charge in [0.1, 0.15) is 5.69 Å². The number of Topliss-reactive ketones (excluding diaryl/α,β-unsaturated/α-hetero) is 1. The number of nitrogens with one attached hydrogen (secondary N) is 2. The zero-order valence-corrected chi connectivity index (χ0v) is 12.7. The van der Waals surface area contributed by atoms with Gasteiger partial charge in [0.15, 0.2) is 5.78 Å². The van der Waals surface area contributed by atoms with Crippen molar-refractivity contribution in [1.82, 2.24) is 15.2 Å². The molecular formula is C15H23N3O2. The van der Waals surface area contributed by atoms with Gasteiger partial charge in [-0.15, -0.1) is 0 Å². The Kier molecular flexibility index (Phi) is 4.28. The molecule has 5 nitrogen and oxygen atoms in total. The van der Waals surface area contributed by atoms with E-state index in [1.165, 1.54) is 0 Å². The second kappa shape index (κ2) is 5.79. The molecule has 2 heterocycles. The highest BCUT2D eigenvalue weighted by Crippen LogP contribution is 2.22. The summed E-state index contributed by atoms with van der Waals surface area (Å²) in [5.74, 6) is -0.00835. The lowest BCUT2D eigenvalue weighted by Crippen LogP contribution is -2.38. The van der Waals surface area contributed by atoms with Crippen molar-refractivity contribution in [2.24, 2.45) is 0 Å². The van der Waals surface area contributed by atoms with Crippen molar-refractivity contribution < 1.29 is 9.59 Å². The van der Waals surface area contributed by atoms with Crippen LogP contribution in [0.25, 0.3) is 0 Å². The van der Waals surface area contributed by atoms with Crippen LogP contribution in [0.5, 0.6) is 0 Å². The van der Waals surface area contributed by atoms with Gasteiger partial charge in [-0.3, -0.25) is 9.59 Å². The van der Waals surface area contributed by atoms with E-state index < -0.39 is 0 Å². The summed E-state index contributed by atoms with van der Waals surface area (Å²) in [6.07, 6.45) is 1.65. The average molecular weight is 277 g/mol. The minimum atomic E-state index is -0.0221. The number of ketones is 1. The van der Waals surface area contributed by atoms with E-state index in [1.54, 1.807) is 11.8 Å². The number of aromatic nitrogens is 1. The SMILES string of the molecule is CCc1c(C(=O)N(C)C2CCNC2)[nH]c(C)c1C(C)=O. The quantitative estimate of drug-likeness (QED) is 0.820. The van der Waals surface area contributed by atoms with E-state index in [0.717, 1.165) is 30.8 Å².